The van der Waals surface area contributed by atoms with Gasteiger partial charge in [-0.3, -0.25) is 29.4 Å². The summed E-state index contributed by atoms with van der Waals surface area (Å²) < 4.78 is 13.9. The van der Waals surface area contributed by atoms with Crippen molar-refractivity contribution in [3.8, 4) is 0 Å². The fourth-order valence-electron chi connectivity index (χ4n) is 2.94. The molecule has 2 aromatic carbocycles. The summed E-state index contributed by atoms with van der Waals surface area (Å²) in [6.45, 7) is 1.11. The maximum absolute atomic E-state index is 13.9. The monoisotopic (exact) mass is 443 g/mol. The molecular formula is C20H18FN5O6. The average molecular weight is 443 g/mol. The van der Waals surface area contributed by atoms with E-state index in [9.17, 15) is 33.7 Å². The van der Waals surface area contributed by atoms with Crippen LogP contribution in [0.1, 0.15) is 22.3 Å². The Hall–Kier alpha value is -4.35. The van der Waals surface area contributed by atoms with Gasteiger partial charge in [-0.15, -0.1) is 0 Å². The standard InChI is InChI=1S/C20H18FN5O6/c1-11-15(21)8-12(9-16(11)26(31)32)19(29)24-14-4-2-13(3-5-14)23-17(27)6-7-25-18(28)10-22-20(25)30/h2-5,8-9H,6-7,10H2,1H3,(H,22,30)(H,23,27)(H,24,29). The lowest BCUT2D eigenvalue weighted by molar-refractivity contribution is -0.385. The Morgan fingerprint density at radius 3 is 2.34 bits per heavy atom. The number of rotatable bonds is 7. The highest BCUT2D eigenvalue weighted by Crippen LogP contribution is 2.24. The van der Waals surface area contributed by atoms with Crippen LogP contribution in [-0.4, -0.2) is 46.7 Å². The molecule has 12 heteroatoms. The largest absolute Gasteiger partial charge is 0.329 e. The number of nitro groups is 1. The van der Waals surface area contributed by atoms with E-state index < -0.39 is 40.2 Å². The quantitative estimate of drug-likeness (QED) is 0.339. The van der Waals surface area contributed by atoms with Gasteiger partial charge in [0.2, 0.25) is 11.8 Å². The zero-order chi connectivity index (χ0) is 23.4. The van der Waals surface area contributed by atoms with Gasteiger partial charge < -0.3 is 16.0 Å². The molecule has 1 aliphatic heterocycles. The molecule has 1 heterocycles. The number of hydrogen-bond donors (Lipinski definition) is 3. The smallest absolute Gasteiger partial charge is 0.324 e. The lowest BCUT2D eigenvalue weighted by Crippen LogP contribution is -2.33. The third-order valence-electron chi connectivity index (χ3n) is 4.70. The van der Waals surface area contributed by atoms with E-state index in [2.05, 4.69) is 16.0 Å². The average Bonchev–Trinajstić information content (AvgIpc) is 3.06. The van der Waals surface area contributed by atoms with Crippen molar-refractivity contribution in [3.63, 3.8) is 0 Å². The highest BCUT2D eigenvalue weighted by Gasteiger charge is 2.28. The normalized spacial score (nSPS) is 13.0. The molecule has 0 aliphatic carbocycles. The van der Waals surface area contributed by atoms with Crippen LogP contribution in [0.4, 0.5) is 26.2 Å². The van der Waals surface area contributed by atoms with Crippen molar-refractivity contribution < 1.29 is 28.5 Å². The predicted octanol–water partition coefficient (Wildman–Crippen LogP) is 2.18. The number of imide groups is 1. The van der Waals surface area contributed by atoms with E-state index in [0.29, 0.717) is 11.4 Å². The molecule has 0 saturated carbocycles. The van der Waals surface area contributed by atoms with E-state index in [-0.39, 0.29) is 30.6 Å². The van der Waals surface area contributed by atoms with Gasteiger partial charge in [-0.1, -0.05) is 0 Å². The second kappa shape index (κ2) is 9.20. The van der Waals surface area contributed by atoms with Crippen LogP contribution in [0, 0.1) is 22.9 Å². The number of carbonyl (C=O) groups is 4. The van der Waals surface area contributed by atoms with Crippen molar-refractivity contribution in [2.75, 3.05) is 23.7 Å². The van der Waals surface area contributed by atoms with Crippen LogP contribution in [0.5, 0.6) is 0 Å². The summed E-state index contributed by atoms with van der Waals surface area (Å²) in [5.41, 5.74) is -0.154. The summed E-state index contributed by atoms with van der Waals surface area (Å²) in [6, 6.07) is 7.32. The van der Waals surface area contributed by atoms with Crippen LogP contribution in [0.2, 0.25) is 0 Å². The van der Waals surface area contributed by atoms with Gasteiger partial charge in [-0.25, -0.2) is 9.18 Å². The minimum absolute atomic E-state index is 0.0517. The predicted molar refractivity (Wildman–Crippen MR) is 111 cm³/mol. The van der Waals surface area contributed by atoms with E-state index in [4.69, 9.17) is 0 Å². The number of nitrogens with zero attached hydrogens (tertiary/aromatic N) is 2. The van der Waals surface area contributed by atoms with Gasteiger partial charge in [-0.2, -0.15) is 0 Å². The maximum atomic E-state index is 13.9. The van der Waals surface area contributed by atoms with Crippen LogP contribution in [0.15, 0.2) is 36.4 Å². The molecule has 1 aliphatic rings. The minimum atomic E-state index is -0.865. The molecule has 1 fully saturated rings. The summed E-state index contributed by atoms with van der Waals surface area (Å²) in [7, 11) is 0. The van der Waals surface area contributed by atoms with Crippen molar-refractivity contribution >= 4 is 40.8 Å². The summed E-state index contributed by atoms with van der Waals surface area (Å²) in [5.74, 6) is -2.42. The first-order chi connectivity index (χ1) is 15.2. The van der Waals surface area contributed by atoms with Crippen molar-refractivity contribution in [3.05, 3.63) is 63.5 Å². The molecule has 0 bridgehead atoms. The number of carbonyl (C=O) groups excluding carboxylic acids is 4. The van der Waals surface area contributed by atoms with Crippen LogP contribution in [0.25, 0.3) is 0 Å². The van der Waals surface area contributed by atoms with Crippen molar-refractivity contribution in [2.45, 2.75) is 13.3 Å². The van der Waals surface area contributed by atoms with E-state index in [0.717, 1.165) is 17.0 Å². The first kappa shape index (κ1) is 22.3. The molecular weight excluding hydrogens is 425 g/mol. The molecule has 1 saturated heterocycles. The van der Waals surface area contributed by atoms with Crippen LogP contribution < -0.4 is 16.0 Å². The van der Waals surface area contributed by atoms with Crippen LogP contribution >= 0.6 is 0 Å². The number of anilines is 2. The van der Waals surface area contributed by atoms with Crippen LogP contribution in [0.3, 0.4) is 0 Å². The molecule has 32 heavy (non-hydrogen) atoms. The molecule has 166 valence electrons. The van der Waals surface area contributed by atoms with Gasteiger partial charge in [0.1, 0.15) is 5.82 Å². The summed E-state index contributed by atoms with van der Waals surface area (Å²) in [4.78, 5) is 58.5. The highest BCUT2D eigenvalue weighted by molar-refractivity contribution is 6.05. The summed E-state index contributed by atoms with van der Waals surface area (Å²) in [5, 5.41) is 18.5. The SMILES string of the molecule is Cc1c(F)cc(C(=O)Nc2ccc(NC(=O)CCN3C(=O)CNC3=O)cc2)cc1[N+](=O)[O-]. The third kappa shape index (κ3) is 5.03. The maximum Gasteiger partial charge on any atom is 0.324 e. The lowest BCUT2D eigenvalue weighted by Gasteiger charge is -2.12. The first-order valence-electron chi connectivity index (χ1n) is 9.39. The van der Waals surface area contributed by atoms with Gasteiger partial charge in [0.15, 0.2) is 0 Å². The molecule has 5 amide bonds. The number of hydrogen-bond acceptors (Lipinski definition) is 6. The molecule has 11 nitrogen and oxygen atoms in total. The molecule has 0 atom stereocenters. The number of halogens is 1. The number of benzene rings is 2. The van der Waals surface area contributed by atoms with E-state index >= 15 is 0 Å². The Balaban J connectivity index is 1.58. The first-order valence-corrected chi connectivity index (χ1v) is 9.39. The fraction of sp³-hybridized carbons (Fsp3) is 0.200. The Labute approximate surface area is 180 Å². The van der Waals surface area contributed by atoms with Gasteiger partial charge in [0, 0.05) is 36.0 Å². The zero-order valence-corrected chi connectivity index (χ0v) is 16.8. The summed E-state index contributed by atoms with van der Waals surface area (Å²) >= 11 is 0. The Kier molecular flexibility index (Phi) is 6.42. The van der Waals surface area contributed by atoms with E-state index in [1.54, 1.807) is 0 Å². The molecule has 0 unspecified atom stereocenters. The van der Waals surface area contributed by atoms with E-state index in [1.807, 2.05) is 0 Å². The zero-order valence-electron chi connectivity index (χ0n) is 16.8. The number of nitro benzene ring substituents is 1. The second-order valence-corrected chi connectivity index (χ2v) is 6.89. The summed E-state index contributed by atoms with van der Waals surface area (Å²) in [6.07, 6.45) is -0.0879. The van der Waals surface area contributed by atoms with Crippen molar-refractivity contribution in [1.29, 1.82) is 0 Å². The molecule has 3 rings (SSSR count). The highest BCUT2D eigenvalue weighted by atomic mass is 19.1. The van der Waals surface area contributed by atoms with Gasteiger partial charge in [0.05, 0.1) is 17.0 Å². The van der Waals surface area contributed by atoms with Gasteiger partial charge >= 0.3 is 6.03 Å². The van der Waals surface area contributed by atoms with Crippen molar-refractivity contribution in [2.24, 2.45) is 0 Å². The Morgan fingerprint density at radius 2 is 1.78 bits per heavy atom. The molecule has 3 N–H and O–H groups in total. The second-order valence-electron chi connectivity index (χ2n) is 6.89. The number of nitrogens with one attached hydrogen (secondary N) is 3. The van der Waals surface area contributed by atoms with E-state index in [1.165, 1.54) is 31.2 Å². The third-order valence-corrected chi connectivity index (χ3v) is 4.70. The molecule has 2 aromatic rings. The molecule has 0 spiro atoms. The number of amides is 5. The molecule has 0 radical (unpaired) electrons. The Bertz CT molecular complexity index is 1100. The number of urea groups is 1. The van der Waals surface area contributed by atoms with Gasteiger partial charge in [0.25, 0.3) is 11.6 Å². The topological polar surface area (TPSA) is 151 Å². The van der Waals surface area contributed by atoms with Gasteiger partial charge in [-0.05, 0) is 37.3 Å². The Morgan fingerprint density at radius 1 is 1.16 bits per heavy atom. The minimum Gasteiger partial charge on any atom is -0.329 e. The molecule has 0 aromatic heterocycles. The van der Waals surface area contributed by atoms with Crippen LogP contribution in [-0.2, 0) is 9.59 Å². The fourth-order valence-corrected chi connectivity index (χ4v) is 2.94. The lowest BCUT2D eigenvalue weighted by atomic mass is 10.1. The van der Waals surface area contributed by atoms with Crippen molar-refractivity contribution in [1.82, 2.24) is 10.2 Å².